The van der Waals surface area contributed by atoms with Gasteiger partial charge >= 0.3 is 0 Å². The average Bonchev–Trinajstić information content (AvgIpc) is 2.30. The zero-order valence-electron chi connectivity index (χ0n) is 12.7. The second-order valence-electron chi connectivity index (χ2n) is 6.07. The van der Waals surface area contributed by atoms with Crippen molar-refractivity contribution in [3.05, 3.63) is 23.8 Å². The standard InChI is InChI=1S/C15H23NO2Si/c1-7-17-14-10-12(11-16)8-9-13(14)18-19(5,6)15(2,3)4/h8-10H,7H2,1-6H3. The Labute approximate surface area is 117 Å². The monoisotopic (exact) mass is 277 g/mol. The fourth-order valence-electron chi connectivity index (χ4n) is 1.36. The second kappa shape index (κ2) is 5.66. The molecule has 1 aromatic carbocycles. The molecule has 0 aliphatic rings. The number of rotatable bonds is 4. The smallest absolute Gasteiger partial charge is 0.250 e. The molecule has 0 amide bonds. The zero-order valence-corrected chi connectivity index (χ0v) is 13.7. The number of hydrogen-bond acceptors (Lipinski definition) is 3. The SMILES string of the molecule is CCOc1cc(C#N)ccc1O[Si](C)(C)C(C)(C)C. The van der Waals surface area contributed by atoms with Crippen molar-refractivity contribution < 1.29 is 9.16 Å². The molecule has 3 nitrogen and oxygen atoms in total. The van der Waals surface area contributed by atoms with Crippen molar-refractivity contribution in [3.8, 4) is 17.6 Å². The predicted molar refractivity (Wildman–Crippen MR) is 80.2 cm³/mol. The van der Waals surface area contributed by atoms with Crippen LogP contribution in [0.5, 0.6) is 11.5 Å². The summed E-state index contributed by atoms with van der Waals surface area (Å²) < 4.78 is 11.8. The topological polar surface area (TPSA) is 42.2 Å². The maximum Gasteiger partial charge on any atom is 0.250 e. The van der Waals surface area contributed by atoms with Gasteiger partial charge in [0.25, 0.3) is 8.32 Å². The summed E-state index contributed by atoms with van der Waals surface area (Å²) in [5, 5.41) is 9.07. The largest absolute Gasteiger partial charge is 0.541 e. The van der Waals surface area contributed by atoms with Crippen molar-refractivity contribution in [2.45, 2.75) is 45.8 Å². The van der Waals surface area contributed by atoms with E-state index in [-0.39, 0.29) is 5.04 Å². The molecule has 0 spiro atoms. The molecule has 0 aliphatic heterocycles. The van der Waals surface area contributed by atoms with E-state index in [0.29, 0.717) is 17.9 Å². The van der Waals surface area contributed by atoms with Crippen LogP contribution in [-0.4, -0.2) is 14.9 Å². The Kier molecular flexibility index (Phi) is 4.64. The van der Waals surface area contributed by atoms with Gasteiger partial charge in [0, 0.05) is 6.07 Å². The molecule has 0 saturated heterocycles. The van der Waals surface area contributed by atoms with Crippen LogP contribution in [0.15, 0.2) is 18.2 Å². The Bertz CT molecular complexity index is 484. The van der Waals surface area contributed by atoms with Gasteiger partial charge in [-0.3, -0.25) is 0 Å². The molecule has 0 radical (unpaired) electrons. The fraction of sp³-hybridized carbons (Fsp3) is 0.533. The summed E-state index contributed by atoms with van der Waals surface area (Å²) >= 11 is 0. The van der Waals surface area contributed by atoms with E-state index in [4.69, 9.17) is 14.4 Å². The van der Waals surface area contributed by atoms with Gasteiger partial charge in [-0.15, -0.1) is 0 Å². The normalized spacial score (nSPS) is 11.8. The van der Waals surface area contributed by atoms with Gasteiger partial charge in [-0.1, -0.05) is 20.8 Å². The van der Waals surface area contributed by atoms with Gasteiger partial charge < -0.3 is 9.16 Å². The summed E-state index contributed by atoms with van der Waals surface area (Å²) in [6.07, 6.45) is 0. The molecular formula is C15H23NO2Si. The minimum atomic E-state index is -1.90. The summed E-state index contributed by atoms with van der Waals surface area (Å²) in [5.41, 5.74) is 0.589. The number of benzene rings is 1. The highest BCUT2D eigenvalue weighted by Crippen LogP contribution is 2.40. The van der Waals surface area contributed by atoms with Crippen molar-refractivity contribution in [2.24, 2.45) is 0 Å². The molecular weight excluding hydrogens is 254 g/mol. The summed E-state index contributed by atoms with van der Waals surface area (Å²) in [7, 11) is -1.90. The van der Waals surface area contributed by atoms with Gasteiger partial charge in [0.1, 0.15) is 5.75 Å². The first-order valence-electron chi connectivity index (χ1n) is 6.57. The lowest BCUT2D eigenvalue weighted by atomic mass is 10.2. The van der Waals surface area contributed by atoms with E-state index >= 15 is 0 Å². The van der Waals surface area contributed by atoms with Crippen LogP contribution < -0.4 is 9.16 Å². The van der Waals surface area contributed by atoms with Crippen molar-refractivity contribution in [3.63, 3.8) is 0 Å². The van der Waals surface area contributed by atoms with Crippen LogP contribution in [-0.2, 0) is 0 Å². The maximum atomic E-state index is 8.95. The van der Waals surface area contributed by atoms with Crippen molar-refractivity contribution in [1.82, 2.24) is 0 Å². The first-order valence-corrected chi connectivity index (χ1v) is 9.48. The van der Waals surface area contributed by atoms with Gasteiger partial charge in [0.15, 0.2) is 5.75 Å². The lowest BCUT2D eigenvalue weighted by Crippen LogP contribution is -2.43. The first-order chi connectivity index (χ1) is 8.71. The molecule has 104 valence electrons. The van der Waals surface area contributed by atoms with Crippen molar-refractivity contribution in [2.75, 3.05) is 6.61 Å². The molecule has 0 N–H and O–H groups in total. The van der Waals surface area contributed by atoms with Crippen LogP contribution in [0.4, 0.5) is 0 Å². The predicted octanol–water partition coefficient (Wildman–Crippen LogP) is 4.34. The molecule has 0 atom stereocenters. The van der Waals surface area contributed by atoms with Crippen molar-refractivity contribution in [1.29, 1.82) is 5.26 Å². The van der Waals surface area contributed by atoms with Crippen LogP contribution in [0, 0.1) is 11.3 Å². The zero-order chi connectivity index (χ0) is 14.7. The molecule has 0 saturated carbocycles. The minimum absolute atomic E-state index is 0.129. The van der Waals surface area contributed by atoms with Gasteiger partial charge in [-0.05, 0) is 37.2 Å². The first kappa shape index (κ1) is 15.6. The molecule has 0 unspecified atom stereocenters. The molecule has 19 heavy (non-hydrogen) atoms. The average molecular weight is 277 g/mol. The van der Waals surface area contributed by atoms with Crippen LogP contribution in [0.2, 0.25) is 18.1 Å². The van der Waals surface area contributed by atoms with Gasteiger partial charge in [0.05, 0.1) is 18.2 Å². The lowest BCUT2D eigenvalue weighted by Gasteiger charge is -2.36. The number of ether oxygens (including phenoxy) is 1. The van der Waals surface area contributed by atoms with Crippen LogP contribution in [0.1, 0.15) is 33.3 Å². The van der Waals surface area contributed by atoms with Gasteiger partial charge in [-0.25, -0.2) is 0 Å². The highest BCUT2D eigenvalue weighted by atomic mass is 28.4. The van der Waals surface area contributed by atoms with Gasteiger partial charge in [0.2, 0.25) is 0 Å². The second-order valence-corrected chi connectivity index (χ2v) is 10.8. The van der Waals surface area contributed by atoms with E-state index in [0.717, 1.165) is 5.75 Å². The Morgan fingerprint density at radius 3 is 2.32 bits per heavy atom. The maximum absolute atomic E-state index is 8.95. The molecule has 4 heteroatoms. The van der Waals surface area contributed by atoms with Crippen molar-refractivity contribution >= 4 is 8.32 Å². The van der Waals surface area contributed by atoms with Gasteiger partial charge in [-0.2, -0.15) is 5.26 Å². The third-order valence-corrected chi connectivity index (χ3v) is 7.89. The summed E-state index contributed by atoms with van der Waals surface area (Å²) in [6.45, 7) is 13.5. The molecule has 0 heterocycles. The van der Waals surface area contributed by atoms with E-state index in [2.05, 4.69) is 39.9 Å². The highest BCUT2D eigenvalue weighted by Gasteiger charge is 2.39. The number of nitrogens with zero attached hydrogens (tertiary/aromatic N) is 1. The summed E-state index contributed by atoms with van der Waals surface area (Å²) in [5.74, 6) is 1.40. The Morgan fingerprint density at radius 2 is 1.84 bits per heavy atom. The van der Waals surface area contributed by atoms with Crippen LogP contribution in [0.3, 0.4) is 0 Å². The number of nitriles is 1. The van der Waals surface area contributed by atoms with Crippen LogP contribution >= 0.6 is 0 Å². The molecule has 0 bridgehead atoms. The number of hydrogen-bond donors (Lipinski definition) is 0. The van der Waals surface area contributed by atoms with E-state index in [9.17, 15) is 0 Å². The highest BCUT2D eigenvalue weighted by molar-refractivity contribution is 6.74. The third-order valence-electron chi connectivity index (χ3n) is 3.54. The van der Waals surface area contributed by atoms with E-state index in [1.54, 1.807) is 12.1 Å². The Hall–Kier alpha value is -1.47. The molecule has 1 aromatic rings. The third kappa shape index (κ3) is 3.74. The van der Waals surface area contributed by atoms with E-state index in [1.807, 2.05) is 13.0 Å². The molecule has 0 fully saturated rings. The van der Waals surface area contributed by atoms with E-state index < -0.39 is 8.32 Å². The minimum Gasteiger partial charge on any atom is -0.541 e. The van der Waals surface area contributed by atoms with Crippen LogP contribution in [0.25, 0.3) is 0 Å². The Balaban J connectivity index is 3.11. The lowest BCUT2D eigenvalue weighted by molar-refractivity contribution is 0.325. The van der Waals surface area contributed by atoms with E-state index in [1.165, 1.54) is 0 Å². The summed E-state index contributed by atoms with van der Waals surface area (Å²) in [4.78, 5) is 0. The quantitative estimate of drug-likeness (QED) is 0.769. The molecule has 1 rings (SSSR count). The molecule has 0 aromatic heterocycles. The Morgan fingerprint density at radius 1 is 1.21 bits per heavy atom. The molecule has 0 aliphatic carbocycles. The summed E-state index contributed by atoms with van der Waals surface area (Å²) in [6, 6.07) is 7.47. The fourth-order valence-corrected chi connectivity index (χ4v) is 2.38.